The average molecular weight is 1770 g/mol. The molecule has 3 saturated heterocycles. The van der Waals surface area contributed by atoms with Gasteiger partial charge in [-0.2, -0.15) is 0 Å². The lowest BCUT2D eigenvalue weighted by Gasteiger charge is -2.30. The summed E-state index contributed by atoms with van der Waals surface area (Å²) in [5.74, 6) is -12.9. The van der Waals surface area contributed by atoms with Crippen LogP contribution >= 0.6 is 0 Å². The van der Waals surface area contributed by atoms with Crippen LogP contribution in [-0.4, -0.2) is 238 Å². The first kappa shape index (κ1) is 103. The molecule has 5 aliphatic carbocycles. The number of hydrogen-bond donors (Lipinski definition) is 21. The van der Waals surface area contributed by atoms with E-state index in [0.29, 0.717) is 174 Å². The molecule has 23 atom stereocenters. The smallest absolute Gasteiger partial charge is 0.242 e. The van der Waals surface area contributed by atoms with Crippen LogP contribution in [0.3, 0.4) is 0 Å². The molecule has 0 aromatic carbocycles. The van der Waals surface area contributed by atoms with Crippen LogP contribution in [0.15, 0.2) is 0 Å². The Balaban J connectivity index is 0.833. The highest BCUT2D eigenvalue weighted by Gasteiger charge is 2.47. The van der Waals surface area contributed by atoms with E-state index in [1.165, 1.54) is 6.92 Å². The van der Waals surface area contributed by atoms with Crippen molar-refractivity contribution in [3.63, 3.8) is 0 Å². The van der Waals surface area contributed by atoms with Crippen LogP contribution in [0.25, 0.3) is 0 Å². The standard InChI is InChI=1S/C89H153N21O16/c1-46(2)35-67(85(122)99-62-30-16-21-52(62)76(113)102-66(27-13-15-34-91)84(121)98-61-29-19-24-55(61)79(116)105-70(38-49(7)8)88(125)109-72-43-93-40-57(72)75(92)112)104-78(115)54-23-18-28-60(54)97-83(120)65(26-12-14-33-90)103-77(114)53-22-17-31-63(53)100-87(124)69(37-48(5)6)108-82(119)59-42-95-45-74(59)110-89(126)71(39-50(9)10)106-80(117)56-25-20-32-64(56)101-86(123)68(36-47(3)4)107-81(118)58-41-94-44-73(58)96-51(11)111/h46-50,52-74,93-95H,12-45,90-91H2,1-11H3,(H2,92,112)(H,96,111)(H,97,120)(H,98,121)(H,99,122)(H,100,124)(H,101,123)(H,102,113)(H,103,114)(H,104,115)(H,105,116)(H,106,117)(H,107,118)(H,108,119)(H,109,125)(H,110,126)/t52-,53-,54-,55-,56-,57-,58-,59-,60-,61-,62-,63-,64-,65-,66-,67-,68-,69-,70-,71-,72-,73-,74-/m0/s1. The SMILES string of the molecule is CC(=O)N[C@H]1CNC[C@@H]1C(=O)N[C@@H](CC(C)C)C(=O)N[C@H]1CCC[C@@H]1C(=O)N[C@@H](CC(C)C)C(=O)N[C@H]1CNC[C@@H]1C(=O)N[C@@H](CC(C)C)C(=O)N[C@H]1CCC[C@@H]1C(=O)N[C@@H](CCCCN)C(=O)N[C@H]1CCC[C@@H]1C(=O)N[C@@H](CC(C)C)C(=O)N[C@H]1CCC[C@@H]1C(=O)N[C@@H](CCCCN)C(=O)N[C@H]1CCC[C@@H]1C(=O)N[C@@H](CC(C)C)C(=O)N[C@H]1CNC[C@@H]1C(N)=O. The van der Waals surface area contributed by atoms with Gasteiger partial charge < -0.3 is 113 Å². The zero-order valence-corrected chi connectivity index (χ0v) is 76.5. The van der Waals surface area contributed by atoms with Crippen molar-refractivity contribution in [1.82, 2.24) is 95.7 Å². The van der Waals surface area contributed by atoms with Crippen molar-refractivity contribution < 1.29 is 76.7 Å². The van der Waals surface area contributed by atoms with Gasteiger partial charge in [-0.25, -0.2) is 0 Å². The number of rotatable bonds is 48. The van der Waals surface area contributed by atoms with E-state index in [0.717, 1.165) is 0 Å². The number of hydrogen-bond acceptors (Lipinski definition) is 21. The highest BCUT2D eigenvalue weighted by molar-refractivity contribution is 5.96. The van der Waals surface area contributed by atoms with Gasteiger partial charge in [-0.3, -0.25) is 76.7 Å². The second kappa shape index (κ2) is 50.3. The maximum atomic E-state index is 14.6. The summed E-state index contributed by atoms with van der Waals surface area (Å²) in [4.78, 5) is 224. The summed E-state index contributed by atoms with van der Waals surface area (Å²) in [7, 11) is 0. The molecule has 0 spiro atoms. The number of unbranched alkanes of at least 4 members (excludes halogenated alkanes) is 2. The quantitative estimate of drug-likeness (QED) is 0.0322. The third-order valence-electron chi connectivity index (χ3n) is 26.5. The van der Waals surface area contributed by atoms with E-state index in [9.17, 15) is 76.7 Å². The van der Waals surface area contributed by atoms with E-state index in [2.05, 4.69) is 95.7 Å². The van der Waals surface area contributed by atoms with Gasteiger partial charge in [0.1, 0.15) is 42.3 Å². The molecule has 8 fully saturated rings. The van der Waals surface area contributed by atoms with E-state index in [1.807, 2.05) is 69.2 Å². The van der Waals surface area contributed by atoms with Gasteiger partial charge in [0.15, 0.2) is 0 Å². The highest BCUT2D eigenvalue weighted by atomic mass is 16.2. The maximum absolute atomic E-state index is 14.6. The van der Waals surface area contributed by atoms with Gasteiger partial charge in [0.05, 0.1) is 65.5 Å². The molecular formula is C89H153N21O16. The van der Waals surface area contributed by atoms with Crippen molar-refractivity contribution >= 4 is 94.5 Å². The average Bonchev–Trinajstić information content (AvgIpc) is 1.65. The number of carbonyl (C=O) groups is 16. The fourth-order valence-corrected chi connectivity index (χ4v) is 19.8. The lowest BCUT2D eigenvalue weighted by atomic mass is 9.96. The molecule has 3 heterocycles. The van der Waals surface area contributed by atoms with Crippen molar-refractivity contribution in [2.45, 2.75) is 334 Å². The molecule has 126 heavy (non-hydrogen) atoms. The number of primary amides is 1. The van der Waals surface area contributed by atoms with Gasteiger partial charge in [-0.15, -0.1) is 0 Å². The van der Waals surface area contributed by atoms with Gasteiger partial charge in [0.25, 0.3) is 0 Å². The summed E-state index contributed by atoms with van der Waals surface area (Å²) in [5, 5.41) is 54.3. The Morgan fingerprint density at radius 3 is 0.698 bits per heavy atom. The van der Waals surface area contributed by atoms with Gasteiger partial charge in [0.2, 0.25) is 94.5 Å². The molecule has 16 amide bonds. The fourth-order valence-electron chi connectivity index (χ4n) is 19.8. The largest absolute Gasteiger partial charge is 0.369 e. The molecule has 37 nitrogen and oxygen atoms in total. The number of amides is 16. The van der Waals surface area contributed by atoms with Crippen LogP contribution in [-0.2, 0) is 76.7 Å². The second-order valence-corrected chi connectivity index (χ2v) is 39.1. The van der Waals surface area contributed by atoms with Gasteiger partial charge in [-0.1, -0.05) is 101 Å². The summed E-state index contributed by atoms with van der Waals surface area (Å²) in [6.07, 6.45) is 11.4. The van der Waals surface area contributed by atoms with E-state index < -0.39 is 221 Å². The predicted molar refractivity (Wildman–Crippen MR) is 473 cm³/mol. The minimum absolute atomic E-state index is 0.0210. The molecule has 3 aliphatic heterocycles. The molecular weight excluding hydrogens is 1620 g/mol. The summed E-state index contributed by atoms with van der Waals surface area (Å²) < 4.78 is 0. The van der Waals surface area contributed by atoms with Crippen LogP contribution in [0.2, 0.25) is 0 Å². The maximum Gasteiger partial charge on any atom is 0.242 e. The van der Waals surface area contributed by atoms with Crippen LogP contribution in [0.1, 0.15) is 243 Å². The molecule has 24 N–H and O–H groups in total. The summed E-state index contributed by atoms with van der Waals surface area (Å²) in [6, 6.07) is -11.8. The zero-order valence-electron chi connectivity index (χ0n) is 76.5. The van der Waals surface area contributed by atoms with Gasteiger partial charge >= 0.3 is 0 Å². The van der Waals surface area contributed by atoms with E-state index in [1.54, 1.807) is 0 Å². The van der Waals surface area contributed by atoms with Crippen molar-refractivity contribution in [3.05, 3.63) is 0 Å². The lowest BCUT2D eigenvalue weighted by Crippen LogP contribution is -2.58. The first-order chi connectivity index (χ1) is 59.9. The molecule has 710 valence electrons. The molecule has 0 unspecified atom stereocenters. The Hall–Kier alpha value is -8.68. The minimum Gasteiger partial charge on any atom is -0.369 e. The number of nitrogens with two attached hydrogens (primary N) is 3. The summed E-state index contributed by atoms with van der Waals surface area (Å²) in [5.41, 5.74) is 17.4. The third kappa shape index (κ3) is 30.8. The Kier molecular flexibility index (Phi) is 41.0. The molecule has 5 saturated carbocycles. The minimum atomic E-state index is -1.05. The van der Waals surface area contributed by atoms with Crippen LogP contribution < -0.4 is 113 Å². The molecule has 0 aromatic heterocycles. The number of nitrogens with one attached hydrogen (secondary N) is 18. The Labute approximate surface area is 743 Å². The van der Waals surface area contributed by atoms with Crippen LogP contribution in [0, 0.1) is 76.9 Å². The van der Waals surface area contributed by atoms with Crippen molar-refractivity contribution in [2.75, 3.05) is 52.4 Å². The second-order valence-electron chi connectivity index (χ2n) is 39.1. The van der Waals surface area contributed by atoms with Crippen molar-refractivity contribution in [3.8, 4) is 0 Å². The summed E-state index contributed by atoms with van der Waals surface area (Å²) >= 11 is 0. The van der Waals surface area contributed by atoms with Gasteiger partial charge in [0, 0.05) is 76.4 Å². The van der Waals surface area contributed by atoms with Crippen LogP contribution in [0.5, 0.6) is 0 Å². The predicted octanol–water partition coefficient (Wildman–Crippen LogP) is -1.09. The monoisotopic (exact) mass is 1770 g/mol. The Morgan fingerprint density at radius 2 is 0.468 bits per heavy atom. The van der Waals surface area contributed by atoms with Gasteiger partial charge in [-0.05, 0) is 178 Å². The molecule has 8 aliphatic rings. The molecule has 0 bridgehead atoms. The molecule has 0 aromatic rings. The zero-order chi connectivity index (χ0) is 92.2. The third-order valence-corrected chi connectivity index (χ3v) is 26.5. The topological polar surface area (TPSA) is 568 Å². The molecule has 8 rings (SSSR count). The molecule has 37 heteroatoms. The summed E-state index contributed by atoms with van der Waals surface area (Å²) in [6.45, 7) is 23.1. The fraction of sp³-hybridized carbons (Fsp3) is 0.820. The highest BCUT2D eigenvalue weighted by Crippen LogP contribution is 2.33. The van der Waals surface area contributed by atoms with Crippen molar-refractivity contribution in [1.29, 1.82) is 0 Å². The van der Waals surface area contributed by atoms with E-state index >= 15 is 0 Å². The first-order valence-corrected chi connectivity index (χ1v) is 47.3. The number of carbonyl (C=O) groups excluding carboxylic acids is 16. The van der Waals surface area contributed by atoms with Crippen molar-refractivity contribution in [2.24, 2.45) is 94.1 Å². The first-order valence-electron chi connectivity index (χ1n) is 47.3. The Bertz CT molecular complexity index is 3720. The Morgan fingerprint density at radius 1 is 0.262 bits per heavy atom. The normalized spacial score (nSPS) is 27.4. The molecule has 0 radical (unpaired) electrons. The lowest BCUT2D eigenvalue weighted by molar-refractivity contribution is -0.135. The van der Waals surface area contributed by atoms with E-state index in [-0.39, 0.29) is 86.6 Å². The van der Waals surface area contributed by atoms with Crippen LogP contribution in [0.4, 0.5) is 0 Å². The van der Waals surface area contributed by atoms with E-state index in [4.69, 9.17) is 17.2 Å².